The van der Waals surface area contributed by atoms with E-state index >= 15 is 0 Å². The van der Waals surface area contributed by atoms with Crippen LogP contribution in [-0.4, -0.2) is 5.91 Å². The van der Waals surface area contributed by atoms with Crippen molar-refractivity contribution in [1.82, 2.24) is 0 Å². The summed E-state index contributed by atoms with van der Waals surface area (Å²) in [7, 11) is 0. The van der Waals surface area contributed by atoms with Crippen LogP contribution < -0.4 is 5.32 Å². The topological polar surface area (TPSA) is 29.1 Å². The van der Waals surface area contributed by atoms with Crippen LogP contribution in [0, 0.1) is 5.82 Å². The van der Waals surface area contributed by atoms with Crippen LogP contribution in [0.3, 0.4) is 0 Å². The third kappa shape index (κ3) is 3.95. The quantitative estimate of drug-likeness (QED) is 0.766. The molecule has 0 fully saturated rings. The molecule has 22 heavy (non-hydrogen) atoms. The van der Waals surface area contributed by atoms with Gasteiger partial charge in [0.1, 0.15) is 5.82 Å². The summed E-state index contributed by atoms with van der Waals surface area (Å²) < 4.78 is 13.6. The fraction of sp³-hybridized carbons (Fsp3) is 0.167. The first-order valence-electron chi connectivity index (χ1n) is 7.01. The molecule has 114 valence electrons. The Morgan fingerprint density at radius 2 is 1.91 bits per heavy atom. The summed E-state index contributed by atoms with van der Waals surface area (Å²) in [6.45, 7) is 4.11. The van der Waals surface area contributed by atoms with E-state index in [1.165, 1.54) is 24.3 Å². The van der Waals surface area contributed by atoms with E-state index in [0.717, 1.165) is 11.3 Å². The molecule has 0 atom stereocenters. The number of halogens is 2. The maximum atomic E-state index is 13.6. The van der Waals surface area contributed by atoms with Crippen LogP contribution >= 0.6 is 11.6 Å². The monoisotopic (exact) mass is 317 g/mol. The highest BCUT2D eigenvalue weighted by molar-refractivity contribution is 6.32. The van der Waals surface area contributed by atoms with Gasteiger partial charge in [0.2, 0.25) is 5.91 Å². The highest BCUT2D eigenvalue weighted by Gasteiger charge is 2.08. The Morgan fingerprint density at radius 3 is 2.59 bits per heavy atom. The molecule has 0 unspecified atom stereocenters. The molecule has 0 radical (unpaired) electrons. The summed E-state index contributed by atoms with van der Waals surface area (Å²) in [4.78, 5) is 12.0. The highest BCUT2D eigenvalue weighted by Crippen LogP contribution is 2.24. The predicted octanol–water partition coefficient (Wildman–Crippen LogP) is 5.25. The van der Waals surface area contributed by atoms with Crippen LogP contribution in [0.25, 0.3) is 6.08 Å². The Morgan fingerprint density at radius 1 is 1.18 bits per heavy atom. The van der Waals surface area contributed by atoms with Crippen molar-refractivity contribution in [2.45, 2.75) is 19.8 Å². The van der Waals surface area contributed by atoms with E-state index in [2.05, 4.69) is 19.2 Å². The second-order valence-corrected chi connectivity index (χ2v) is 5.61. The van der Waals surface area contributed by atoms with Gasteiger partial charge in [-0.05, 0) is 35.8 Å². The molecule has 2 aromatic carbocycles. The van der Waals surface area contributed by atoms with E-state index in [9.17, 15) is 9.18 Å². The average Bonchev–Trinajstić information content (AvgIpc) is 2.47. The molecule has 0 saturated heterocycles. The van der Waals surface area contributed by atoms with Crippen molar-refractivity contribution >= 4 is 29.3 Å². The molecule has 0 aliphatic carbocycles. The van der Waals surface area contributed by atoms with Gasteiger partial charge in [0.05, 0.1) is 5.02 Å². The lowest BCUT2D eigenvalue weighted by Crippen LogP contribution is -2.10. The zero-order chi connectivity index (χ0) is 16.1. The molecule has 0 heterocycles. The van der Waals surface area contributed by atoms with Crippen molar-refractivity contribution in [3.05, 3.63) is 70.5 Å². The molecule has 1 amide bonds. The maximum absolute atomic E-state index is 13.6. The SMILES string of the molecule is CC(C)c1ccccc1NC(=O)/C=C/c1c(F)cccc1Cl. The van der Waals surface area contributed by atoms with Crippen LogP contribution in [0.4, 0.5) is 10.1 Å². The van der Waals surface area contributed by atoms with Crippen molar-refractivity contribution in [2.24, 2.45) is 0 Å². The van der Waals surface area contributed by atoms with Crippen molar-refractivity contribution < 1.29 is 9.18 Å². The summed E-state index contributed by atoms with van der Waals surface area (Å²) >= 11 is 5.92. The molecule has 0 bridgehead atoms. The molecule has 0 saturated carbocycles. The van der Waals surface area contributed by atoms with Gasteiger partial charge in [0.15, 0.2) is 0 Å². The Hall–Kier alpha value is -2.13. The van der Waals surface area contributed by atoms with Gasteiger partial charge >= 0.3 is 0 Å². The molecule has 0 spiro atoms. The summed E-state index contributed by atoms with van der Waals surface area (Å²) in [5.41, 5.74) is 2.01. The van der Waals surface area contributed by atoms with Gasteiger partial charge < -0.3 is 5.32 Å². The Kier molecular flexibility index (Phi) is 5.34. The summed E-state index contributed by atoms with van der Waals surface area (Å²) in [6.07, 6.45) is 2.66. The lowest BCUT2D eigenvalue weighted by molar-refractivity contribution is -0.111. The minimum atomic E-state index is -0.459. The summed E-state index contributed by atoms with van der Waals surface area (Å²) in [5, 5.41) is 3.08. The number of amides is 1. The van der Waals surface area contributed by atoms with Crippen molar-refractivity contribution in [1.29, 1.82) is 0 Å². The van der Waals surface area contributed by atoms with E-state index in [1.807, 2.05) is 24.3 Å². The van der Waals surface area contributed by atoms with E-state index < -0.39 is 5.82 Å². The van der Waals surface area contributed by atoms with Gasteiger partial charge in [-0.25, -0.2) is 4.39 Å². The zero-order valence-corrected chi connectivity index (χ0v) is 13.2. The first-order valence-corrected chi connectivity index (χ1v) is 7.39. The third-order valence-corrected chi connectivity index (χ3v) is 3.57. The number of hydrogen-bond donors (Lipinski definition) is 1. The highest BCUT2D eigenvalue weighted by atomic mass is 35.5. The molecular formula is C18H17ClFNO. The molecule has 2 aromatic rings. The molecular weight excluding hydrogens is 301 g/mol. The molecule has 2 rings (SSSR count). The first kappa shape index (κ1) is 16.2. The summed E-state index contributed by atoms with van der Waals surface area (Å²) in [5.74, 6) is -0.493. The van der Waals surface area contributed by atoms with Gasteiger partial charge in [-0.2, -0.15) is 0 Å². The molecule has 4 heteroatoms. The van der Waals surface area contributed by atoms with Gasteiger partial charge in [-0.1, -0.05) is 49.7 Å². The van der Waals surface area contributed by atoms with Crippen LogP contribution in [-0.2, 0) is 4.79 Å². The number of anilines is 1. The lowest BCUT2D eigenvalue weighted by Gasteiger charge is -2.12. The van der Waals surface area contributed by atoms with Crippen LogP contribution in [0.1, 0.15) is 30.9 Å². The van der Waals surface area contributed by atoms with Gasteiger partial charge in [0.25, 0.3) is 0 Å². The van der Waals surface area contributed by atoms with E-state index in [0.29, 0.717) is 5.92 Å². The third-order valence-electron chi connectivity index (χ3n) is 3.24. The Labute approximate surface area is 134 Å². The van der Waals surface area contributed by atoms with E-state index in [-0.39, 0.29) is 16.5 Å². The minimum Gasteiger partial charge on any atom is -0.322 e. The van der Waals surface area contributed by atoms with Crippen molar-refractivity contribution in [3.8, 4) is 0 Å². The molecule has 0 aromatic heterocycles. The molecule has 1 N–H and O–H groups in total. The number of para-hydroxylation sites is 1. The number of benzene rings is 2. The number of rotatable bonds is 4. The largest absolute Gasteiger partial charge is 0.322 e. The number of carbonyl (C=O) groups is 1. The van der Waals surface area contributed by atoms with Gasteiger partial charge in [-0.3, -0.25) is 4.79 Å². The normalized spacial score (nSPS) is 11.1. The van der Waals surface area contributed by atoms with Crippen LogP contribution in [0.5, 0.6) is 0 Å². The fourth-order valence-corrected chi connectivity index (χ4v) is 2.34. The van der Waals surface area contributed by atoms with E-state index in [1.54, 1.807) is 6.07 Å². The summed E-state index contributed by atoms with van der Waals surface area (Å²) in [6, 6.07) is 12.0. The molecule has 2 nitrogen and oxygen atoms in total. The molecule has 0 aliphatic rings. The van der Waals surface area contributed by atoms with Crippen molar-refractivity contribution in [3.63, 3.8) is 0 Å². The molecule has 0 aliphatic heterocycles. The lowest BCUT2D eigenvalue weighted by atomic mass is 10.0. The second kappa shape index (κ2) is 7.23. The first-order chi connectivity index (χ1) is 10.5. The minimum absolute atomic E-state index is 0.205. The Bertz CT molecular complexity index is 690. The standard InChI is InChI=1S/C18H17ClFNO/c1-12(2)13-6-3-4-9-17(13)21-18(22)11-10-14-15(19)7-5-8-16(14)20/h3-12H,1-2H3,(H,21,22)/b11-10+. The second-order valence-electron chi connectivity index (χ2n) is 5.20. The Balaban J connectivity index is 2.16. The number of nitrogens with one attached hydrogen (secondary N) is 1. The maximum Gasteiger partial charge on any atom is 0.248 e. The van der Waals surface area contributed by atoms with Crippen LogP contribution in [0.15, 0.2) is 48.5 Å². The van der Waals surface area contributed by atoms with E-state index in [4.69, 9.17) is 11.6 Å². The van der Waals surface area contributed by atoms with Gasteiger partial charge in [0, 0.05) is 17.3 Å². The fourth-order valence-electron chi connectivity index (χ4n) is 2.12. The number of hydrogen-bond acceptors (Lipinski definition) is 1. The van der Waals surface area contributed by atoms with Crippen molar-refractivity contribution in [2.75, 3.05) is 5.32 Å². The van der Waals surface area contributed by atoms with Crippen LogP contribution in [0.2, 0.25) is 5.02 Å². The van der Waals surface area contributed by atoms with Gasteiger partial charge in [-0.15, -0.1) is 0 Å². The smallest absolute Gasteiger partial charge is 0.248 e. The zero-order valence-electron chi connectivity index (χ0n) is 12.4. The number of carbonyl (C=O) groups excluding carboxylic acids is 1. The average molecular weight is 318 g/mol. The predicted molar refractivity (Wildman–Crippen MR) is 89.6 cm³/mol.